The van der Waals surface area contributed by atoms with Crippen LogP contribution in [0.25, 0.3) is 28.6 Å². The van der Waals surface area contributed by atoms with Crippen molar-refractivity contribution in [3.05, 3.63) is 78.8 Å². The van der Waals surface area contributed by atoms with Gasteiger partial charge in [0.05, 0.1) is 6.26 Å². The van der Waals surface area contributed by atoms with Crippen LogP contribution >= 0.6 is 0 Å². The average Bonchev–Trinajstić information content (AvgIpc) is 3.29. The summed E-state index contributed by atoms with van der Waals surface area (Å²) in [4.78, 5) is 16.5. The van der Waals surface area contributed by atoms with Gasteiger partial charge in [0.25, 0.3) is 0 Å². The lowest BCUT2D eigenvalue weighted by atomic mass is 10.2. The molecule has 0 radical (unpaired) electrons. The zero-order valence-electron chi connectivity index (χ0n) is 13.2. The van der Waals surface area contributed by atoms with Gasteiger partial charge in [-0.1, -0.05) is 18.2 Å². The first kappa shape index (κ1) is 15.0. The van der Waals surface area contributed by atoms with Crippen molar-refractivity contribution in [2.75, 3.05) is 5.32 Å². The number of oxazole rings is 1. The molecule has 1 amide bonds. The summed E-state index contributed by atoms with van der Waals surface area (Å²) in [6, 6.07) is 18.5. The number of nitrogens with one attached hydrogen (secondary N) is 1. The second-order valence-corrected chi connectivity index (χ2v) is 5.41. The molecule has 2 aromatic heterocycles. The van der Waals surface area contributed by atoms with Crippen molar-refractivity contribution in [2.45, 2.75) is 0 Å². The van der Waals surface area contributed by atoms with Crippen molar-refractivity contribution in [3.8, 4) is 11.5 Å². The molecule has 0 aliphatic rings. The minimum Gasteiger partial charge on any atom is -0.465 e. The Morgan fingerprint density at radius 2 is 1.96 bits per heavy atom. The van der Waals surface area contributed by atoms with Gasteiger partial charge < -0.3 is 14.2 Å². The Hall–Kier alpha value is -3.60. The summed E-state index contributed by atoms with van der Waals surface area (Å²) in [7, 11) is 0. The molecule has 4 aromatic rings. The van der Waals surface area contributed by atoms with E-state index in [2.05, 4.69) is 10.3 Å². The number of nitrogens with zero attached hydrogens (tertiary/aromatic N) is 1. The molecule has 0 fully saturated rings. The summed E-state index contributed by atoms with van der Waals surface area (Å²) in [6.07, 6.45) is 4.59. The molecule has 0 saturated heterocycles. The number of furan rings is 1. The van der Waals surface area contributed by atoms with Crippen molar-refractivity contribution >= 4 is 28.8 Å². The number of amides is 1. The highest BCUT2D eigenvalue weighted by Gasteiger charge is 2.08. The van der Waals surface area contributed by atoms with Crippen LogP contribution < -0.4 is 5.32 Å². The van der Waals surface area contributed by atoms with E-state index in [0.717, 1.165) is 16.7 Å². The smallest absolute Gasteiger partial charge is 0.248 e. The number of rotatable bonds is 4. The van der Waals surface area contributed by atoms with E-state index in [0.29, 0.717) is 17.3 Å². The van der Waals surface area contributed by atoms with Gasteiger partial charge >= 0.3 is 0 Å². The van der Waals surface area contributed by atoms with Crippen LogP contribution in [0.1, 0.15) is 5.76 Å². The van der Waals surface area contributed by atoms with Gasteiger partial charge in [-0.05, 0) is 48.5 Å². The van der Waals surface area contributed by atoms with Crippen LogP contribution in [-0.2, 0) is 4.79 Å². The van der Waals surface area contributed by atoms with Crippen LogP contribution in [-0.4, -0.2) is 10.9 Å². The van der Waals surface area contributed by atoms with Gasteiger partial charge in [0.1, 0.15) is 11.3 Å². The topological polar surface area (TPSA) is 68.3 Å². The van der Waals surface area contributed by atoms with E-state index in [1.165, 1.54) is 6.08 Å². The van der Waals surface area contributed by atoms with Crippen LogP contribution in [0.4, 0.5) is 5.69 Å². The molecule has 2 heterocycles. The van der Waals surface area contributed by atoms with Gasteiger partial charge in [-0.3, -0.25) is 4.79 Å². The molecule has 0 unspecified atom stereocenters. The Labute approximate surface area is 143 Å². The molecular formula is C20H14N2O3. The standard InChI is InChI=1S/C20H14N2O3/c23-19(11-10-16-7-4-12-24-16)21-15-6-3-5-14(13-15)20-22-17-8-1-2-9-18(17)25-20/h1-13H,(H,21,23). The maximum Gasteiger partial charge on any atom is 0.248 e. The van der Waals surface area contributed by atoms with E-state index < -0.39 is 0 Å². The molecule has 0 saturated carbocycles. The van der Waals surface area contributed by atoms with E-state index in [9.17, 15) is 4.79 Å². The summed E-state index contributed by atoms with van der Waals surface area (Å²) in [6.45, 7) is 0. The van der Waals surface area contributed by atoms with Crippen LogP contribution in [0.5, 0.6) is 0 Å². The number of anilines is 1. The first-order valence-corrected chi connectivity index (χ1v) is 7.76. The molecular weight excluding hydrogens is 316 g/mol. The predicted molar refractivity (Wildman–Crippen MR) is 95.8 cm³/mol. The zero-order valence-corrected chi connectivity index (χ0v) is 13.2. The Bertz CT molecular complexity index is 1010. The SMILES string of the molecule is O=C(C=Cc1ccco1)Nc1cccc(-c2nc3ccccc3o2)c1. The fraction of sp³-hybridized carbons (Fsp3) is 0. The van der Waals surface area contributed by atoms with Crippen molar-refractivity contribution in [2.24, 2.45) is 0 Å². The summed E-state index contributed by atoms with van der Waals surface area (Å²) < 4.78 is 10.9. The molecule has 5 heteroatoms. The van der Waals surface area contributed by atoms with Crippen LogP contribution in [0.3, 0.4) is 0 Å². The molecule has 5 nitrogen and oxygen atoms in total. The molecule has 25 heavy (non-hydrogen) atoms. The molecule has 122 valence electrons. The predicted octanol–water partition coefficient (Wildman–Crippen LogP) is 4.74. The monoisotopic (exact) mass is 330 g/mol. The number of para-hydroxylation sites is 2. The number of hydrogen-bond acceptors (Lipinski definition) is 4. The minimum absolute atomic E-state index is 0.244. The van der Waals surface area contributed by atoms with E-state index in [4.69, 9.17) is 8.83 Å². The van der Waals surface area contributed by atoms with E-state index in [-0.39, 0.29) is 5.91 Å². The number of fused-ring (bicyclic) bond motifs is 1. The van der Waals surface area contributed by atoms with Crippen molar-refractivity contribution in [3.63, 3.8) is 0 Å². The Kier molecular flexibility index (Phi) is 3.88. The van der Waals surface area contributed by atoms with Crippen LogP contribution in [0.15, 0.2) is 81.8 Å². The molecule has 0 bridgehead atoms. The molecule has 0 aliphatic carbocycles. The Morgan fingerprint density at radius 1 is 1.04 bits per heavy atom. The zero-order chi connectivity index (χ0) is 17.1. The summed E-state index contributed by atoms with van der Waals surface area (Å²) in [5.74, 6) is 0.893. The van der Waals surface area contributed by atoms with Crippen molar-refractivity contribution in [1.82, 2.24) is 4.98 Å². The Morgan fingerprint density at radius 3 is 2.80 bits per heavy atom. The lowest BCUT2D eigenvalue weighted by molar-refractivity contribution is -0.111. The number of hydrogen-bond donors (Lipinski definition) is 1. The average molecular weight is 330 g/mol. The Balaban J connectivity index is 1.54. The van der Waals surface area contributed by atoms with Crippen LogP contribution in [0.2, 0.25) is 0 Å². The van der Waals surface area contributed by atoms with Gasteiger partial charge in [-0.2, -0.15) is 0 Å². The minimum atomic E-state index is -0.244. The van der Waals surface area contributed by atoms with Crippen molar-refractivity contribution < 1.29 is 13.6 Å². The number of carbonyl (C=O) groups excluding carboxylic acids is 1. The molecule has 2 aromatic carbocycles. The summed E-state index contributed by atoms with van der Waals surface area (Å²) in [5.41, 5.74) is 2.99. The second-order valence-electron chi connectivity index (χ2n) is 5.41. The molecule has 1 N–H and O–H groups in total. The largest absolute Gasteiger partial charge is 0.465 e. The van der Waals surface area contributed by atoms with Gasteiger partial charge in [-0.25, -0.2) is 4.98 Å². The van der Waals surface area contributed by atoms with Gasteiger partial charge in [-0.15, -0.1) is 0 Å². The number of benzene rings is 2. The van der Waals surface area contributed by atoms with E-state index >= 15 is 0 Å². The molecule has 0 aliphatic heterocycles. The molecule has 4 rings (SSSR count). The third kappa shape index (κ3) is 3.35. The summed E-state index contributed by atoms with van der Waals surface area (Å²) >= 11 is 0. The van der Waals surface area contributed by atoms with Crippen molar-refractivity contribution in [1.29, 1.82) is 0 Å². The normalized spacial score (nSPS) is 11.2. The lowest BCUT2D eigenvalue weighted by Gasteiger charge is -2.03. The third-order valence-electron chi connectivity index (χ3n) is 3.61. The highest BCUT2D eigenvalue weighted by Crippen LogP contribution is 2.26. The number of aromatic nitrogens is 1. The van der Waals surface area contributed by atoms with Crippen LogP contribution in [0, 0.1) is 0 Å². The van der Waals surface area contributed by atoms with Gasteiger partial charge in [0, 0.05) is 17.3 Å². The number of carbonyl (C=O) groups is 1. The molecule has 0 spiro atoms. The first-order valence-electron chi connectivity index (χ1n) is 7.76. The lowest BCUT2D eigenvalue weighted by Crippen LogP contribution is -2.07. The second kappa shape index (κ2) is 6.49. The third-order valence-corrected chi connectivity index (χ3v) is 3.61. The fourth-order valence-electron chi connectivity index (χ4n) is 2.45. The highest BCUT2D eigenvalue weighted by atomic mass is 16.3. The van der Waals surface area contributed by atoms with Gasteiger partial charge in [0.2, 0.25) is 11.8 Å². The summed E-state index contributed by atoms with van der Waals surface area (Å²) in [5, 5.41) is 2.81. The maximum atomic E-state index is 12.0. The molecule has 0 atom stereocenters. The first-order chi connectivity index (χ1) is 12.3. The quantitative estimate of drug-likeness (QED) is 0.549. The maximum absolute atomic E-state index is 12.0. The van der Waals surface area contributed by atoms with Gasteiger partial charge in [0.15, 0.2) is 5.58 Å². The van der Waals surface area contributed by atoms with E-state index in [1.54, 1.807) is 24.5 Å². The van der Waals surface area contributed by atoms with E-state index in [1.807, 2.05) is 48.5 Å². The highest BCUT2D eigenvalue weighted by molar-refractivity contribution is 6.02. The fourth-order valence-corrected chi connectivity index (χ4v) is 2.45.